The van der Waals surface area contributed by atoms with Crippen LogP contribution in [0.1, 0.15) is 41.4 Å². The van der Waals surface area contributed by atoms with Gasteiger partial charge in [-0.25, -0.2) is 4.39 Å². The first-order valence-electron chi connectivity index (χ1n) is 8.94. The van der Waals surface area contributed by atoms with Gasteiger partial charge in [-0.05, 0) is 55.8 Å². The van der Waals surface area contributed by atoms with Crippen molar-refractivity contribution in [1.82, 2.24) is 10.2 Å². The second-order valence-corrected chi connectivity index (χ2v) is 7.13. The normalized spacial score (nSPS) is 16.8. The summed E-state index contributed by atoms with van der Waals surface area (Å²) in [7, 11) is 0. The summed E-state index contributed by atoms with van der Waals surface area (Å²) >= 11 is 0. The average Bonchev–Trinajstić information content (AvgIpc) is 2.65. The Hall–Kier alpha value is -3.17. The largest absolute Gasteiger partial charge is 0.378 e. The van der Waals surface area contributed by atoms with E-state index in [-0.39, 0.29) is 11.8 Å². The zero-order chi connectivity index (χ0) is 20.3. The van der Waals surface area contributed by atoms with E-state index in [2.05, 4.69) is 17.2 Å². The van der Waals surface area contributed by atoms with E-state index in [1.807, 2.05) is 0 Å². The van der Waals surface area contributed by atoms with Gasteiger partial charge in [-0.3, -0.25) is 9.59 Å². The van der Waals surface area contributed by atoms with Crippen LogP contribution in [0.5, 0.6) is 0 Å². The van der Waals surface area contributed by atoms with Gasteiger partial charge < -0.3 is 15.3 Å². The maximum Gasteiger partial charge on any atom is 0.254 e. The Bertz CT molecular complexity index is 952. The van der Waals surface area contributed by atoms with Crippen LogP contribution in [0.25, 0.3) is 0 Å². The third-order valence-electron chi connectivity index (χ3n) is 4.28. The van der Waals surface area contributed by atoms with Gasteiger partial charge in [0.05, 0.1) is 0 Å². The summed E-state index contributed by atoms with van der Waals surface area (Å²) in [6.07, 6.45) is 0. The van der Waals surface area contributed by atoms with E-state index in [1.54, 1.807) is 44.2 Å². The molecule has 0 bridgehead atoms. The molecule has 144 valence electrons. The molecule has 0 aliphatic carbocycles. The Morgan fingerprint density at radius 2 is 1.96 bits per heavy atom. The van der Waals surface area contributed by atoms with Gasteiger partial charge in [0.25, 0.3) is 5.91 Å². The molecule has 1 saturated heterocycles. The topological polar surface area (TPSA) is 69.6 Å². The highest BCUT2D eigenvalue weighted by molar-refractivity contribution is 5.98. The van der Waals surface area contributed by atoms with Crippen LogP contribution in [-0.4, -0.2) is 40.5 Å². The molecule has 6 heteroatoms. The van der Waals surface area contributed by atoms with Crippen LogP contribution in [0, 0.1) is 17.7 Å². The third-order valence-corrected chi connectivity index (χ3v) is 4.28. The number of amides is 2. The molecule has 2 aromatic rings. The fourth-order valence-electron chi connectivity index (χ4n) is 2.98. The van der Waals surface area contributed by atoms with Gasteiger partial charge in [0.2, 0.25) is 5.91 Å². The van der Waals surface area contributed by atoms with Crippen LogP contribution in [0.15, 0.2) is 48.5 Å². The highest BCUT2D eigenvalue weighted by Gasteiger charge is 2.34. The molecule has 1 fully saturated rings. The fraction of sp³-hybridized carbons (Fsp3) is 0.273. The molecule has 1 unspecified atom stereocenters. The number of hydrogen-bond donors (Lipinski definition) is 2. The zero-order valence-electron chi connectivity index (χ0n) is 15.7. The van der Waals surface area contributed by atoms with Crippen molar-refractivity contribution in [3.05, 3.63) is 71.0 Å². The minimum absolute atomic E-state index is 0.314. The quantitative estimate of drug-likeness (QED) is 0.786. The van der Waals surface area contributed by atoms with Gasteiger partial charge in [0.1, 0.15) is 17.5 Å². The number of aliphatic hydroxyl groups is 1. The molecule has 0 saturated carbocycles. The SMILES string of the molecule is CC(C)(O)C#Cc1ccc(C(=O)N2CCNC(=O)C2c2cccc(F)c2)cc1. The Morgan fingerprint density at radius 1 is 1.25 bits per heavy atom. The van der Waals surface area contributed by atoms with Crippen molar-refractivity contribution in [2.75, 3.05) is 13.1 Å². The van der Waals surface area contributed by atoms with Crippen molar-refractivity contribution in [2.24, 2.45) is 0 Å². The first kappa shape index (κ1) is 19.6. The Morgan fingerprint density at radius 3 is 2.61 bits per heavy atom. The smallest absolute Gasteiger partial charge is 0.254 e. The molecule has 2 aromatic carbocycles. The predicted molar refractivity (Wildman–Crippen MR) is 103 cm³/mol. The maximum atomic E-state index is 13.6. The van der Waals surface area contributed by atoms with E-state index in [0.29, 0.717) is 29.8 Å². The lowest BCUT2D eigenvalue weighted by molar-refractivity contribution is -0.128. The van der Waals surface area contributed by atoms with Crippen molar-refractivity contribution in [1.29, 1.82) is 0 Å². The molecule has 5 nitrogen and oxygen atoms in total. The standard InChI is InChI=1S/C22H21FN2O3/c1-22(2,28)11-10-15-6-8-16(9-7-15)21(27)25-13-12-24-20(26)19(25)17-4-3-5-18(23)14-17/h3-9,14,19,28H,12-13H2,1-2H3,(H,24,26). The lowest BCUT2D eigenvalue weighted by atomic mass is 10.0. The van der Waals surface area contributed by atoms with E-state index in [4.69, 9.17) is 0 Å². The van der Waals surface area contributed by atoms with Crippen LogP contribution in [0.3, 0.4) is 0 Å². The highest BCUT2D eigenvalue weighted by atomic mass is 19.1. The summed E-state index contributed by atoms with van der Waals surface area (Å²) in [5, 5.41) is 12.4. The van der Waals surface area contributed by atoms with E-state index < -0.39 is 17.5 Å². The molecule has 3 rings (SSSR count). The lowest BCUT2D eigenvalue weighted by Gasteiger charge is -2.35. The minimum Gasteiger partial charge on any atom is -0.378 e. The number of halogens is 1. The predicted octanol–water partition coefficient (Wildman–Crippen LogP) is 2.26. The number of hydrogen-bond acceptors (Lipinski definition) is 3. The molecular weight excluding hydrogens is 359 g/mol. The molecule has 0 radical (unpaired) electrons. The van der Waals surface area contributed by atoms with Gasteiger partial charge in [-0.1, -0.05) is 24.0 Å². The van der Waals surface area contributed by atoms with Crippen molar-refractivity contribution in [3.63, 3.8) is 0 Å². The number of nitrogens with zero attached hydrogens (tertiary/aromatic N) is 1. The summed E-state index contributed by atoms with van der Waals surface area (Å²) in [6.45, 7) is 3.84. The number of benzene rings is 2. The molecule has 1 aliphatic heterocycles. The van der Waals surface area contributed by atoms with Gasteiger partial charge in [0.15, 0.2) is 0 Å². The first-order chi connectivity index (χ1) is 13.2. The lowest BCUT2D eigenvalue weighted by Crippen LogP contribution is -2.52. The molecule has 1 aliphatic rings. The van der Waals surface area contributed by atoms with E-state index >= 15 is 0 Å². The van der Waals surface area contributed by atoms with Crippen molar-refractivity contribution >= 4 is 11.8 Å². The van der Waals surface area contributed by atoms with E-state index in [9.17, 15) is 19.1 Å². The van der Waals surface area contributed by atoms with Gasteiger partial charge in [0, 0.05) is 24.2 Å². The van der Waals surface area contributed by atoms with Gasteiger partial charge in [-0.15, -0.1) is 0 Å². The highest BCUT2D eigenvalue weighted by Crippen LogP contribution is 2.26. The average molecular weight is 380 g/mol. The Labute approximate surface area is 163 Å². The maximum absolute atomic E-state index is 13.6. The van der Waals surface area contributed by atoms with E-state index in [0.717, 1.165) is 0 Å². The van der Waals surface area contributed by atoms with E-state index in [1.165, 1.54) is 23.1 Å². The van der Waals surface area contributed by atoms with Crippen LogP contribution < -0.4 is 5.32 Å². The fourth-order valence-corrected chi connectivity index (χ4v) is 2.98. The summed E-state index contributed by atoms with van der Waals surface area (Å²) in [4.78, 5) is 26.9. The molecule has 0 spiro atoms. The monoisotopic (exact) mass is 380 g/mol. The van der Waals surface area contributed by atoms with Crippen molar-refractivity contribution in [3.8, 4) is 11.8 Å². The number of carbonyl (C=O) groups excluding carboxylic acids is 2. The second-order valence-electron chi connectivity index (χ2n) is 7.13. The van der Waals surface area contributed by atoms with Gasteiger partial charge >= 0.3 is 0 Å². The Kier molecular flexibility index (Phi) is 5.48. The first-order valence-corrected chi connectivity index (χ1v) is 8.94. The molecule has 2 amide bonds. The zero-order valence-corrected chi connectivity index (χ0v) is 15.7. The Balaban J connectivity index is 1.87. The van der Waals surface area contributed by atoms with Crippen molar-refractivity contribution in [2.45, 2.75) is 25.5 Å². The summed E-state index contributed by atoms with van der Waals surface area (Å²) < 4.78 is 13.6. The summed E-state index contributed by atoms with van der Waals surface area (Å²) in [6, 6.07) is 11.5. The molecule has 0 aromatic heterocycles. The number of carbonyl (C=O) groups is 2. The van der Waals surface area contributed by atoms with Gasteiger partial charge in [-0.2, -0.15) is 0 Å². The van der Waals surface area contributed by atoms with Crippen LogP contribution in [0.2, 0.25) is 0 Å². The third kappa shape index (κ3) is 4.56. The number of piperazine rings is 1. The minimum atomic E-state index is -1.10. The summed E-state index contributed by atoms with van der Waals surface area (Å²) in [5.74, 6) is 4.45. The van der Waals surface area contributed by atoms with Crippen LogP contribution >= 0.6 is 0 Å². The summed E-state index contributed by atoms with van der Waals surface area (Å²) in [5.41, 5.74) is 0.397. The molecule has 28 heavy (non-hydrogen) atoms. The van der Waals surface area contributed by atoms with Crippen LogP contribution in [0.4, 0.5) is 4.39 Å². The molecule has 1 heterocycles. The molecule has 2 N–H and O–H groups in total. The number of nitrogens with one attached hydrogen (secondary N) is 1. The molecule has 1 atom stereocenters. The molecular formula is C22H21FN2O3. The van der Waals surface area contributed by atoms with Crippen molar-refractivity contribution < 1.29 is 19.1 Å². The number of rotatable bonds is 2. The second kappa shape index (κ2) is 7.83. The van der Waals surface area contributed by atoms with Crippen LogP contribution in [-0.2, 0) is 4.79 Å².